The highest BCUT2D eigenvalue weighted by atomic mass is 16.3. The third-order valence-electron chi connectivity index (χ3n) is 8.45. The van der Waals surface area contributed by atoms with Crippen LogP contribution >= 0.6 is 0 Å². The molecule has 6 aromatic rings. The molecule has 236 valence electrons. The molecule has 0 spiro atoms. The van der Waals surface area contributed by atoms with Crippen LogP contribution in [0.3, 0.4) is 0 Å². The highest BCUT2D eigenvalue weighted by molar-refractivity contribution is 5.52. The van der Waals surface area contributed by atoms with Crippen LogP contribution in [0.1, 0.15) is 55.6 Å². The van der Waals surface area contributed by atoms with Gasteiger partial charge in [-0.2, -0.15) is 0 Å². The highest BCUT2D eigenvalue weighted by Crippen LogP contribution is 2.33. The first kappa shape index (κ1) is 31.1. The molecule has 0 aliphatic carbocycles. The van der Waals surface area contributed by atoms with Gasteiger partial charge in [-0.05, 0) is 105 Å². The van der Waals surface area contributed by atoms with Gasteiger partial charge in [-0.25, -0.2) is 0 Å². The summed E-state index contributed by atoms with van der Waals surface area (Å²) in [7, 11) is 0. The molecule has 0 aliphatic rings. The van der Waals surface area contributed by atoms with Crippen molar-refractivity contribution in [2.45, 2.75) is 32.1 Å². The van der Waals surface area contributed by atoms with E-state index in [4.69, 9.17) is 0 Å². The van der Waals surface area contributed by atoms with Gasteiger partial charge in [-0.3, -0.25) is 0 Å². The van der Waals surface area contributed by atoms with Gasteiger partial charge in [0.15, 0.2) is 0 Å². The van der Waals surface area contributed by atoms with Crippen LogP contribution in [0.25, 0.3) is 0 Å². The molecule has 47 heavy (non-hydrogen) atoms. The second-order valence-corrected chi connectivity index (χ2v) is 12.0. The van der Waals surface area contributed by atoms with Crippen LogP contribution < -0.4 is 0 Å². The predicted octanol–water partition coefficient (Wildman–Crippen LogP) is 7.87. The lowest BCUT2D eigenvalue weighted by atomic mass is 9.91. The Labute approximate surface area is 273 Å². The zero-order chi connectivity index (χ0) is 32.9. The van der Waals surface area contributed by atoms with Crippen molar-refractivity contribution in [3.05, 3.63) is 177 Å². The number of phenolic OH excluding ortho intramolecular Hbond substituents is 6. The molecule has 6 nitrogen and oxygen atoms in total. The van der Waals surface area contributed by atoms with E-state index in [-0.39, 0.29) is 34.5 Å². The van der Waals surface area contributed by atoms with Crippen molar-refractivity contribution in [3.63, 3.8) is 0 Å². The first-order chi connectivity index (χ1) is 22.7. The van der Waals surface area contributed by atoms with E-state index in [9.17, 15) is 30.6 Å². The summed E-state index contributed by atoms with van der Waals surface area (Å²) in [6, 6.07) is 35.9. The van der Waals surface area contributed by atoms with Crippen molar-refractivity contribution in [1.82, 2.24) is 0 Å². The van der Waals surface area contributed by atoms with E-state index < -0.39 is 0 Å². The van der Waals surface area contributed by atoms with Gasteiger partial charge in [0.2, 0.25) is 0 Å². The molecule has 0 unspecified atom stereocenters. The molecule has 6 rings (SSSR count). The van der Waals surface area contributed by atoms with E-state index >= 15 is 0 Å². The van der Waals surface area contributed by atoms with Gasteiger partial charge in [0.25, 0.3) is 0 Å². The fourth-order valence-corrected chi connectivity index (χ4v) is 5.97. The number of benzene rings is 6. The summed E-state index contributed by atoms with van der Waals surface area (Å²) in [6.07, 6.45) is 2.29. The number of phenols is 6. The fourth-order valence-electron chi connectivity index (χ4n) is 5.97. The first-order valence-corrected chi connectivity index (χ1v) is 15.5. The molecule has 0 saturated heterocycles. The van der Waals surface area contributed by atoms with Crippen molar-refractivity contribution in [2.75, 3.05) is 0 Å². The first-order valence-electron chi connectivity index (χ1n) is 15.5. The summed E-state index contributed by atoms with van der Waals surface area (Å²) in [6.45, 7) is 0. The van der Waals surface area contributed by atoms with E-state index in [0.29, 0.717) is 43.2 Å². The number of hydrogen-bond acceptors (Lipinski definition) is 6. The Morgan fingerprint density at radius 1 is 0.298 bits per heavy atom. The average Bonchev–Trinajstić information content (AvgIpc) is 3.06. The van der Waals surface area contributed by atoms with Crippen LogP contribution in [-0.4, -0.2) is 30.6 Å². The number of aromatic hydroxyl groups is 6. The minimum absolute atomic E-state index is 0.156. The molecule has 6 aromatic carbocycles. The minimum atomic E-state index is 0.156. The van der Waals surface area contributed by atoms with Crippen molar-refractivity contribution in [3.8, 4) is 34.5 Å². The molecule has 0 fully saturated rings. The van der Waals surface area contributed by atoms with Gasteiger partial charge in [-0.15, -0.1) is 0 Å². The van der Waals surface area contributed by atoms with Gasteiger partial charge < -0.3 is 30.6 Å². The second kappa shape index (κ2) is 13.6. The van der Waals surface area contributed by atoms with Crippen molar-refractivity contribution < 1.29 is 30.6 Å². The van der Waals surface area contributed by atoms with Gasteiger partial charge >= 0.3 is 0 Å². The number of rotatable bonds is 10. The van der Waals surface area contributed by atoms with Gasteiger partial charge in [0.1, 0.15) is 34.5 Å². The second-order valence-electron chi connectivity index (χ2n) is 12.0. The fraction of sp³-hybridized carbons (Fsp3) is 0.122. The van der Waals surface area contributed by atoms with Crippen LogP contribution in [0.2, 0.25) is 0 Å². The molecule has 0 heterocycles. The van der Waals surface area contributed by atoms with Gasteiger partial charge in [0, 0.05) is 25.7 Å². The Kier molecular flexibility index (Phi) is 9.02. The van der Waals surface area contributed by atoms with Crippen LogP contribution in [-0.2, 0) is 32.1 Å². The Morgan fingerprint density at radius 2 is 0.702 bits per heavy atom. The van der Waals surface area contributed by atoms with E-state index in [0.717, 1.165) is 44.5 Å². The quantitative estimate of drug-likeness (QED) is 0.0923. The smallest absolute Gasteiger partial charge is 0.122 e. The Bertz CT molecular complexity index is 2010. The van der Waals surface area contributed by atoms with E-state index in [1.165, 1.54) is 0 Å². The molecule has 0 bridgehead atoms. The van der Waals surface area contributed by atoms with Crippen LogP contribution in [0, 0.1) is 0 Å². The lowest BCUT2D eigenvalue weighted by Gasteiger charge is -2.16. The molecule has 0 saturated carbocycles. The Hall–Kier alpha value is -5.88. The lowest BCUT2D eigenvalue weighted by molar-refractivity contribution is 0.459. The van der Waals surface area contributed by atoms with E-state index in [1.807, 2.05) is 72.8 Å². The van der Waals surface area contributed by atoms with Gasteiger partial charge in [0.05, 0.1) is 0 Å². The van der Waals surface area contributed by atoms with Crippen LogP contribution in [0.4, 0.5) is 0 Å². The highest BCUT2D eigenvalue weighted by Gasteiger charge is 2.15. The number of para-hydroxylation sites is 1. The molecule has 6 N–H and O–H groups in total. The summed E-state index contributed by atoms with van der Waals surface area (Å²) < 4.78 is 0. The maximum atomic E-state index is 11.5. The largest absolute Gasteiger partial charge is 0.508 e. The van der Waals surface area contributed by atoms with Gasteiger partial charge in [-0.1, -0.05) is 78.9 Å². The van der Waals surface area contributed by atoms with E-state index in [1.54, 1.807) is 48.5 Å². The molecule has 0 amide bonds. The zero-order valence-corrected chi connectivity index (χ0v) is 25.8. The molecular weight excluding hydrogens is 588 g/mol. The molecule has 0 radical (unpaired) electrons. The van der Waals surface area contributed by atoms with Crippen molar-refractivity contribution in [2.24, 2.45) is 0 Å². The lowest BCUT2D eigenvalue weighted by Crippen LogP contribution is -2.00. The maximum absolute atomic E-state index is 11.5. The summed E-state index contributed by atoms with van der Waals surface area (Å²) in [5.74, 6) is 1.06. The molecule has 6 heteroatoms. The third kappa shape index (κ3) is 7.68. The summed E-state index contributed by atoms with van der Waals surface area (Å²) in [5.41, 5.74) is 8.40. The maximum Gasteiger partial charge on any atom is 0.122 e. The molecular formula is C41H36O6. The Balaban J connectivity index is 1.32. The summed E-state index contributed by atoms with van der Waals surface area (Å²) in [4.78, 5) is 0. The summed E-state index contributed by atoms with van der Waals surface area (Å²) >= 11 is 0. The normalized spacial score (nSPS) is 11.1. The zero-order valence-electron chi connectivity index (χ0n) is 25.8. The van der Waals surface area contributed by atoms with Crippen molar-refractivity contribution in [1.29, 1.82) is 0 Å². The third-order valence-corrected chi connectivity index (χ3v) is 8.45. The topological polar surface area (TPSA) is 121 Å². The monoisotopic (exact) mass is 624 g/mol. The average molecular weight is 625 g/mol. The SMILES string of the molecule is Oc1ccc(Cc2cc(Cc3cc(Cc4ccc(O)c(Cc5ccc(O)cc5)c4)c(O)c(Cc4ccccc4O)c3)ccc2O)cc1. The molecule has 0 aliphatic heterocycles. The minimum Gasteiger partial charge on any atom is -0.508 e. The Morgan fingerprint density at radius 3 is 1.23 bits per heavy atom. The van der Waals surface area contributed by atoms with Crippen LogP contribution in [0.15, 0.2) is 121 Å². The number of hydrogen-bond donors (Lipinski definition) is 6. The molecule has 0 aromatic heterocycles. The van der Waals surface area contributed by atoms with Crippen molar-refractivity contribution >= 4 is 0 Å². The van der Waals surface area contributed by atoms with E-state index in [2.05, 4.69) is 0 Å². The predicted molar refractivity (Wildman–Crippen MR) is 183 cm³/mol. The molecule has 0 atom stereocenters. The summed E-state index contributed by atoms with van der Waals surface area (Å²) in [5, 5.41) is 62.5. The van der Waals surface area contributed by atoms with Crippen LogP contribution in [0.5, 0.6) is 34.5 Å². The standard InChI is InChI=1S/C41H36O6/c42-36-11-5-26(6-12-36)18-32-20-28(9-15-39(32)45)17-30-23-34(41(47)35(24-30)25-31-3-1-2-4-38(31)44)22-29-10-16-40(46)33(21-29)19-27-7-13-37(43)14-8-27/h1-16,20-21,23-24,42-47H,17-19,22,25H2.